The number of hydrogen-bond donors (Lipinski definition) is 1. The second-order valence-corrected chi connectivity index (χ2v) is 4.36. The molecule has 2 rings (SSSR count). The van der Waals surface area contributed by atoms with Crippen LogP contribution in [-0.2, 0) is 10.5 Å². The number of carboxylic acid groups (broad SMARTS) is 1. The minimum absolute atomic E-state index is 0.195. The highest BCUT2D eigenvalue weighted by molar-refractivity contribution is 7.98. The summed E-state index contributed by atoms with van der Waals surface area (Å²) in [5.74, 6) is 0.168. The molecule has 1 N–H and O–H groups in total. The van der Waals surface area contributed by atoms with Crippen molar-refractivity contribution in [1.82, 2.24) is 10.2 Å². The van der Waals surface area contributed by atoms with Gasteiger partial charge >= 0.3 is 5.97 Å². The molecule has 5 nitrogen and oxygen atoms in total. The smallest absolute Gasteiger partial charge is 0.328 e. The van der Waals surface area contributed by atoms with Crippen molar-refractivity contribution in [3.8, 4) is 0 Å². The molecule has 0 radical (unpaired) electrons. The van der Waals surface area contributed by atoms with E-state index in [2.05, 4.69) is 10.2 Å². The van der Waals surface area contributed by atoms with E-state index >= 15 is 0 Å². The number of hydrogen-bond acceptors (Lipinski definition) is 5. The van der Waals surface area contributed by atoms with E-state index in [4.69, 9.17) is 9.52 Å². The molecule has 0 unspecified atom stereocenters. The number of carboxylic acids is 1. The summed E-state index contributed by atoms with van der Waals surface area (Å²) in [6, 6.07) is 9.85. The third-order valence-electron chi connectivity index (χ3n) is 1.96. The summed E-state index contributed by atoms with van der Waals surface area (Å²) in [6.07, 6.45) is 2.23. The zero-order valence-electron chi connectivity index (χ0n) is 9.31. The first kappa shape index (κ1) is 12.4. The summed E-state index contributed by atoms with van der Waals surface area (Å²) in [4.78, 5) is 11.4. The quantitative estimate of drug-likeness (QED) is 0.659. The van der Waals surface area contributed by atoms with Gasteiger partial charge in [0.15, 0.2) is 0 Å². The van der Waals surface area contributed by atoms with Crippen molar-refractivity contribution >= 4 is 23.8 Å². The highest BCUT2D eigenvalue weighted by atomic mass is 32.2. The van der Waals surface area contributed by atoms with Gasteiger partial charge in [-0.15, -0.1) is 22.0 Å². The fourth-order valence-electron chi connectivity index (χ4n) is 1.20. The lowest BCUT2D eigenvalue weighted by Crippen LogP contribution is -1.85. The number of nitrogens with zero attached hydrogens (tertiary/aromatic N) is 2. The number of benzene rings is 1. The van der Waals surface area contributed by atoms with Crippen LogP contribution in [0.1, 0.15) is 11.8 Å². The Kier molecular flexibility index (Phi) is 4.14. The van der Waals surface area contributed by atoms with Crippen molar-refractivity contribution < 1.29 is 14.3 Å². The Balaban J connectivity index is 1.93. The molecule has 18 heavy (non-hydrogen) atoms. The molecule has 0 saturated heterocycles. The van der Waals surface area contributed by atoms with E-state index in [0.29, 0.717) is 11.6 Å². The van der Waals surface area contributed by atoms with E-state index in [1.807, 2.05) is 30.3 Å². The lowest BCUT2D eigenvalue weighted by Gasteiger charge is -1.96. The Labute approximate surface area is 108 Å². The SMILES string of the molecule is O=C(O)/C=C/c1nnc(CSc2ccccc2)o1. The van der Waals surface area contributed by atoms with Crippen molar-refractivity contribution in [1.29, 1.82) is 0 Å². The topological polar surface area (TPSA) is 76.2 Å². The molecule has 0 aliphatic heterocycles. The second-order valence-electron chi connectivity index (χ2n) is 3.31. The van der Waals surface area contributed by atoms with Gasteiger partial charge in [0.2, 0.25) is 11.8 Å². The van der Waals surface area contributed by atoms with Gasteiger partial charge in [-0.2, -0.15) is 0 Å². The van der Waals surface area contributed by atoms with Gasteiger partial charge in [0.05, 0.1) is 5.75 Å². The maximum atomic E-state index is 10.3. The third kappa shape index (κ3) is 3.74. The molecule has 1 aromatic carbocycles. The van der Waals surface area contributed by atoms with Crippen molar-refractivity contribution in [2.45, 2.75) is 10.6 Å². The summed E-state index contributed by atoms with van der Waals surface area (Å²) >= 11 is 1.57. The summed E-state index contributed by atoms with van der Waals surface area (Å²) in [6.45, 7) is 0. The fraction of sp³-hybridized carbons (Fsp3) is 0.0833. The minimum Gasteiger partial charge on any atom is -0.478 e. The van der Waals surface area contributed by atoms with Crippen LogP contribution in [-0.4, -0.2) is 21.3 Å². The highest BCUT2D eigenvalue weighted by Crippen LogP contribution is 2.21. The zero-order valence-corrected chi connectivity index (χ0v) is 10.1. The van der Waals surface area contributed by atoms with Gasteiger partial charge < -0.3 is 9.52 Å². The predicted octanol–water partition coefficient (Wildman–Crippen LogP) is 2.46. The van der Waals surface area contributed by atoms with E-state index in [9.17, 15) is 4.79 Å². The van der Waals surface area contributed by atoms with E-state index in [1.165, 1.54) is 6.08 Å². The van der Waals surface area contributed by atoms with Crippen molar-refractivity contribution in [2.24, 2.45) is 0 Å². The highest BCUT2D eigenvalue weighted by Gasteiger charge is 2.04. The molecule has 0 atom stereocenters. The fourth-order valence-corrected chi connectivity index (χ4v) is 1.95. The average molecular weight is 262 g/mol. The molecule has 0 bridgehead atoms. The van der Waals surface area contributed by atoms with Crippen LogP contribution in [0, 0.1) is 0 Å². The van der Waals surface area contributed by atoms with Crippen LogP contribution < -0.4 is 0 Å². The summed E-state index contributed by atoms with van der Waals surface area (Å²) < 4.78 is 5.26. The molecular formula is C12H10N2O3S. The number of carbonyl (C=O) groups is 1. The molecule has 0 aliphatic carbocycles. The van der Waals surface area contributed by atoms with Gasteiger partial charge in [0.25, 0.3) is 0 Å². The van der Waals surface area contributed by atoms with E-state index in [-0.39, 0.29) is 5.89 Å². The number of aromatic nitrogens is 2. The molecule has 0 spiro atoms. The lowest BCUT2D eigenvalue weighted by molar-refractivity contribution is -0.131. The van der Waals surface area contributed by atoms with Gasteiger partial charge in [-0.05, 0) is 12.1 Å². The van der Waals surface area contributed by atoms with Crippen LogP contribution in [0.25, 0.3) is 6.08 Å². The average Bonchev–Trinajstić information content (AvgIpc) is 2.83. The van der Waals surface area contributed by atoms with Crippen molar-refractivity contribution in [2.75, 3.05) is 0 Å². The standard InChI is InChI=1S/C12H10N2O3S/c15-12(16)7-6-10-13-14-11(17-10)8-18-9-4-2-1-3-5-9/h1-7H,8H2,(H,15,16)/b7-6+. The van der Waals surface area contributed by atoms with Gasteiger partial charge in [-0.3, -0.25) is 0 Å². The Bertz CT molecular complexity index is 551. The predicted molar refractivity (Wildman–Crippen MR) is 67.0 cm³/mol. The Hall–Kier alpha value is -2.08. The van der Waals surface area contributed by atoms with E-state index < -0.39 is 5.97 Å². The molecule has 92 valence electrons. The first-order chi connectivity index (χ1) is 8.74. The Morgan fingerprint density at radius 1 is 1.33 bits per heavy atom. The van der Waals surface area contributed by atoms with Crippen LogP contribution in [0.15, 0.2) is 45.7 Å². The molecule has 0 fully saturated rings. The van der Waals surface area contributed by atoms with Gasteiger partial charge in [-0.25, -0.2) is 4.79 Å². The maximum absolute atomic E-state index is 10.3. The number of rotatable bonds is 5. The van der Waals surface area contributed by atoms with Crippen LogP contribution in [0.4, 0.5) is 0 Å². The molecule has 1 heterocycles. The second kappa shape index (κ2) is 6.02. The molecule has 2 aromatic rings. The molecule has 0 aliphatic rings. The molecule has 0 saturated carbocycles. The monoisotopic (exact) mass is 262 g/mol. The number of aliphatic carboxylic acids is 1. The molecule has 6 heteroatoms. The number of thioether (sulfide) groups is 1. The van der Waals surface area contributed by atoms with Gasteiger partial charge in [-0.1, -0.05) is 18.2 Å². The first-order valence-electron chi connectivity index (χ1n) is 5.15. The molecular weight excluding hydrogens is 252 g/mol. The van der Waals surface area contributed by atoms with Crippen molar-refractivity contribution in [3.63, 3.8) is 0 Å². The van der Waals surface area contributed by atoms with E-state index in [0.717, 1.165) is 11.0 Å². The zero-order chi connectivity index (χ0) is 12.8. The van der Waals surface area contributed by atoms with Gasteiger partial charge in [0, 0.05) is 17.0 Å². The van der Waals surface area contributed by atoms with Crippen LogP contribution >= 0.6 is 11.8 Å². The van der Waals surface area contributed by atoms with Crippen LogP contribution in [0.2, 0.25) is 0 Å². The molecule has 1 aromatic heterocycles. The Morgan fingerprint density at radius 2 is 2.11 bits per heavy atom. The summed E-state index contributed by atoms with van der Waals surface area (Å²) in [7, 11) is 0. The van der Waals surface area contributed by atoms with Crippen molar-refractivity contribution in [3.05, 3.63) is 48.2 Å². The third-order valence-corrected chi connectivity index (χ3v) is 2.95. The first-order valence-corrected chi connectivity index (χ1v) is 6.14. The van der Waals surface area contributed by atoms with E-state index in [1.54, 1.807) is 11.8 Å². The van der Waals surface area contributed by atoms with Crippen LogP contribution in [0.5, 0.6) is 0 Å². The Morgan fingerprint density at radius 3 is 2.83 bits per heavy atom. The lowest BCUT2D eigenvalue weighted by atomic mass is 10.4. The molecule has 0 amide bonds. The summed E-state index contributed by atoms with van der Waals surface area (Å²) in [5.41, 5.74) is 0. The summed E-state index contributed by atoms with van der Waals surface area (Å²) in [5, 5.41) is 16.0. The largest absolute Gasteiger partial charge is 0.478 e. The maximum Gasteiger partial charge on any atom is 0.328 e. The van der Waals surface area contributed by atoms with Gasteiger partial charge in [0.1, 0.15) is 0 Å². The van der Waals surface area contributed by atoms with Crippen LogP contribution in [0.3, 0.4) is 0 Å². The minimum atomic E-state index is -1.05. The normalized spacial score (nSPS) is 10.9.